The molecule has 0 aromatic heterocycles. The van der Waals surface area contributed by atoms with Crippen molar-refractivity contribution in [1.29, 1.82) is 0 Å². The highest BCUT2D eigenvalue weighted by atomic mass is 16.5. The van der Waals surface area contributed by atoms with Crippen molar-refractivity contribution in [3.63, 3.8) is 0 Å². The summed E-state index contributed by atoms with van der Waals surface area (Å²) in [5.41, 5.74) is 5.24. The Hall–Kier alpha value is -0.610. The summed E-state index contributed by atoms with van der Waals surface area (Å²) in [7, 11) is 0. The van der Waals surface area contributed by atoms with Crippen molar-refractivity contribution in [2.45, 2.75) is 25.7 Å². The number of rotatable bonds is 8. The normalized spacial score (nSPS) is 15.5. The highest BCUT2D eigenvalue weighted by Crippen LogP contribution is 2.28. The molecule has 0 atom stereocenters. The molecule has 4 heteroatoms. The third-order valence-electron chi connectivity index (χ3n) is 2.21. The van der Waals surface area contributed by atoms with Crippen LogP contribution < -0.4 is 11.1 Å². The molecule has 0 heterocycles. The van der Waals surface area contributed by atoms with Crippen LogP contribution in [-0.2, 0) is 9.53 Å². The second-order valence-corrected chi connectivity index (χ2v) is 3.76. The van der Waals surface area contributed by atoms with Crippen molar-refractivity contribution >= 4 is 5.91 Å². The first kappa shape index (κ1) is 11.5. The molecular formula is C10H20N2O2. The summed E-state index contributed by atoms with van der Waals surface area (Å²) < 4.78 is 5.42. The molecule has 1 saturated carbocycles. The van der Waals surface area contributed by atoms with Crippen LogP contribution in [0.15, 0.2) is 0 Å². The van der Waals surface area contributed by atoms with Crippen molar-refractivity contribution in [1.82, 2.24) is 5.32 Å². The van der Waals surface area contributed by atoms with Crippen molar-refractivity contribution in [3.05, 3.63) is 0 Å². The first-order valence-corrected chi connectivity index (χ1v) is 5.37. The van der Waals surface area contributed by atoms with Crippen molar-refractivity contribution < 1.29 is 9.53 Å². The predicted molar refractivity (Wildman–Crippen MR) is 54.8 cm³/mol. The van der Waals surface area contributed by atoms with Gasteiger partial charge in [0.2, 0.25) is 5.91 Å². The molecule has 0 aromatic carbocycles. The second-order valence-electron chi connectivity index (χ2n) is 3.76. The molecule has 14 heavy (non-hydrogen) atoms. The van der Waals surface area contributed by atoms with E-state index in [4.69, 9.17) is 10.5 Å². The summed E-state index contributed by atoms with van der Waals surface area (Å²) in [4.78, 5) is 11.0. The minimum Gasteiger partial charge on any atom is -0.381 e. The van der Waals surface area contributed by atoms with Gasteiger partial charge in [-0.25, -0.2) is 0 Å². The SMILES string of the molecule is NCCC(=O)NCCCOCC1CC1. The average molecular weight is 200 g/mol. The minimum absolute atomic E-state index is 0.0368. The Bertz CT molecular complexity index is 170. The number of hydrogen-bond donors (Lipinski definition) is 2. The highest BCUT2D eigenvalue weighted by molar-refractivity contribution is 5.75. The van der Waals surface area contributed by atoms with E-state index in [1.165, 1.54) is 12.8 Å². The molecule has 1 amide bonds. The molecule has 0 radical (unpaired) electrons. The maximum Gasteiger partial charge on any atom is 0.221 e. The Morgan fingerprint density at radius 2 is 2.29 bits per heavy atom. The fraction of sp³-hybridized carbons (Fsp3) is 0.900. The Labute approximate surface area is 85.2 Å². The van der Waals surface area contributed by atoms with Crippen LogP contribution >= 0.6 is 0 Å². The number of nitrogens with two attached hydrogens (primary N) is 1. The molecular weight excluding hydrogens is 180 g/mol. The Balaban J connectivity index is 1.76. The van der Waals surface area contributed by atoms with Gasteiger partial charge in [0.15, 0.2) is 0 Å². The minimum atomic E-state index is 0.0368. The maximum atomic E-state index is 11.0. The van der Waals surface area contributed by atoms with Gasteiger partial charge in [-0.15, -0.1) is 0 Å². The maximum absolute atomic E-state index is 11.0. The van der Waals surface area contributed by atoms with Gasteiger partial charge in [0, 0.05) is 32.7 Å². The number of carbonyl (C=O) groups excluding carboxylic acids is 1. The lowest BCUT2D eigenvalue weighted by Crippen LogP contribution is -2.27. The van der Waals surface area contributed by atoms with E-state index in [0.29, 0.717) is 19.5 Å². The zero-order valence-corrected chi connectivity index (χ0v) is 8.63. The van der Waals surface area contributed by atoms with Gasteiger partial charge in [-0.1, -0.05) is 0 Å². The lowest BCUT2D eigenvalue weighted by Gasteiger charge is -2.04. The van der Waals surface area contributed by atoms with E-state index in [1.807, 2.05) is 0 Å². The summed E-state index contributed by atoms with van der Waals surface area (Å²) in [6.07, 6.45) is 3.96. The molecule has 0 unspecified atom stereocenters. The molecule has 1 rings (SSSR count). The number of nitrogens with one attached hydrogen (secondary N) is 1. The van der Waals surface area contributed by atoms with E-state index in [1.54, 1.807) is 0 Å². The highest BCUT2D eigenvalue weighted by Gasteiger charge is 2.20. The molecule has 1 aliphatic carbocycles. The molecule has 0 aromatic rings. The van der Waals surface area contributed by atoms with E-state index in [9.17, 15) is 4.79 Å². The van der Waals surface area contributed by atoms with Crippen LogP contribution in [0.1, 0.15) is 25.7 Å². The molecule has 4 nitrogen and oxygen atoms in total. The van der Waals surface area contributed by atoms with Crippen LogP contribution in [0.3, 0.4) is 0 Å². The summed E-state index contributed by atoms with van der Waals surface area (Å²) in [5, 5.41) is 2.79. The summed E-state index contributed by atoms with van der Waals surface area (Å²) in [5.74, 6) is 0.858. The van der Waals surface area contributed by atoms with Crippen LogP contribution in [-0.4, -0.2) is 32.2 Å². The fourth-order valence-corrected chi connectivity index (χ4v) is 1.16. The summed E-state index contributed by atoms with van der Waals surface area (Å²) >= 11 is 0. The number of ether oxygens (including phenoxy) is 1. The second kappa shape index (κ2) is 6.79. The Morgan fingerprint density at radius 3 is 2.93 bits per heavy atom. The lowest BCUT2D eigenvalue weighted by atomic mass is 10.4. The van der Waals surface area contributed by atoms with Gasteiger partial charge in [-0.2, -0.15) is 0 Å². The summed E-state index contributed by atoms with van der Waals surface area (Å²) in [6, 6.07) is 0. The molecule has 1 aliphatic rings. The van der Waals surface area contributed by atoms with Crippen LogP contribution in [0.2, 0.25) is 0 Å². The fourth-order valence-electron chi connectivity index (χ4n) is 1.16. The van der Waals surface area contributed by atoms with Gasteiger partial charge in [0.05, 0.1) is 0 Å². The molecule has 1 fully saturated rings. The van der Waals surface area contributed by atoms with Crippen LogP contribution in [0.4, 0.5) is 0 Å². The van der Waals surface area contributed by atoms with Crippen LogP contribution in [0, 0.1) is 5.92 Å². The third kappa shape index (κ3) is 5.94. The van der Waals surface area contributed by atoms with Gasteiger partial charge in [-0.3, -0.25) is 4.79 Å². The monoisotopic (exact) mass is 200 g/mol. The lowest BCUT2D eigenvalue weighted by molar-refractivity contribution is -0.120. The molecule has 0 aliphatic heterocycles. The zero-order chi connectivity index (χ0) is 10.2. The van der Waals surface area contributed by atoms with Crippen LogP contribution in [0.25, 0.3) is 0 Å². The molecule has 0 bridgehead atoms. The quantitative estimate of drug-likeness (QED) is 0.553. The average Bonchev–Trinajstić information content (AvgIpc) is 2.95. The third-order valence-corrected chi connectivity index (χ3v) is 2.21. The van der Waals surface area contributed by atoms with Crippen molar-refractivity contribution in [3.8, 4) is 0 Å². The molecule has 0 spiro atoms. The van der Waals surface area contributed by atoms with Gasteiger partial charge < -0.3 is 15.8 Å². The smallest absolute Gasteiger partial charge is 0.221 e. The largest absolute Gasteiger partial charge is 0.381 e. The van der Waals surface area contributed by atoms with Crippen LogP contribution in [0.5, 0.6) is 0 Å². The predicted octanol–water partition coefficient (Wildman–Crippen LogP) is 0.268. The van der Waals surface area contributed by atoms with E-state index in [-0.39, 0.29) is 5.91 Å². The van der Waals surface area contributed by atoms with Gasteiger partial charge in [-0.05, 0) is 25.2 Å². The Morgan fingerprint density at radius 1 is 1.50 bits per heavy atom. The van der Waals surface area contributed by atoms with Crippen molar-refractivity contribution in [2.24, 2.45) is 11.7 Å². The van der Waals surface area contributed by atoms with E-state index >= 15 is 0 Å². The van der Waals surface area contributed by atoms with E-state index < -0.39 is 0 Å². The standard InChI is InChI=1S/C10H20N2O2/c11-5-4-10(13)12-6-1-7-14-8-9-2-3-9/h9H,1-8,11H2,(H,12,13). The number of carbonyl (C=O) groups is 1. The first-order chi connectivity index (χ1) is 6.83. The van der Waals surface area contributed by atoms with Gasteiger partial charge in [0.25, 0.3) is 0 Å². The van der Waals surface area contributed by atoms with Crippen molar-refractivity contribution in [2.75, 3.05) is 26.3 Å². The van der Waals surface area contributed by atoms with Gasteiger partial charge in [0.1, 0.15) is 0 Å². The first-order valence-electron chi connectivity index (χ1n) is 5.37. The van der Waals surface area contributed by atoms with Gasteiger partial charge >= 0.3 is 0 Å². The number of hydrogen-bond acceptors (Lipinski definition) is 3. The van der Waals surface area contributed by atoms with E-state index in [0.717, 1.165) is 25.6 Å². The summed E-state index contributed by atoms with van der Waals surface area (Å²) in [6.45, 7) is 2.77. The Kier molecular flexibility index (Phi) is 5.56. The topological polar surface area (TPSA) is 64.4 Å². The zero-order valence-electron chi connectivity index (χ0n) is 8.63. The number of amides is 1. The molecule has 0 saturated heterocycles. The van der Waals surface area contributed by atoms with E-state index in [2.05, 4.69) is 5.32 Å². The molecule has 82 valence electrons. The molecule has 3 N–H and O–H groups in total.